The van der Waals surface area contributed by atoms with Crippen LogP contribution in [0.5, 0.6) is 0 Å². The van der Waals surface area contributed by atoms with Crippen LogP contribution < -0.4 is 10.2 Å². The van der Waals surface area contributed by atoms with E-state index in [0.29, 0.717) is 12.5 Å². The summed E-state index contributed by atoms with van der Waals surface area (Å²) in [6.45, 7) is 5.27. The average Bonchev–Trinajstić information content (AvgIpc) is 3.32. The number of nitrogens with one attached hydrogen (secondary N) is 1. The summed E-state index contributed by atoms with van der Waals surface area (Å²) in [6, 6.07) is 15.2. The summed E-state index contributed by atoms with van der Waals surface area (Å²) in [5.74, 6) is 1.64. The first-order chi connectivity index (χ1) is 18.6. The van der Waals surface area contributed by atoms with Gasteiger partial charge < -0.3 is 29.8 Å². The average molecular weight is 523 g/mol. The molecule has 0 spiro atoms. The van der Waals surface area contributed by atoms with Crippen LogP contribution in [0, 0.1) is 5.92 Å². The molecule has 3 aromatic rings. The number of aryl methyl sites for hydroxylation is 2. The zero-order valence-electron chi connectivity index (χ0n) is 22.8. The normalized spacial score (nSPS) is 17.9. The molecule has 206 valence electrons. The number of aromatic nitrogens is 2. The van der Waals surface area contributed by atoms with E-state index in [1.807, 2.05) is 18.2 Å². The second kappa shape index (κ2) is 14.6. The van der Waals surface area contributed by atoms with Gasteiger partial charge in [-0.2, -0.15) is 0 Å². The molecule has 5 rings (SSSR count). The molecule has 2 aliphatic rings. The Balaban J connectivity index is 0.000000748. The van der Waals surface area contributed by atoms with Gasteiger partial charge in [0.1, 0.15) is 12.1 Å². The van der Waals surface area contributed by atoms with Crippen molar-refractivity contribution in [3.05, 3.63) is 59.4 Å². The standard InChI is InChI=1S/C28H36N4O.CH2O2.CH4O/c1-20-8-9-24-25(31(20)2)10-11-26-28(24)30-27(18-23(19-33)22-6-4-3-5-7-22)32(26)17-14-21-12-15-29-16-13-21;2-1-3;1-2/h3-7,10-11,19-21,23,29H,8-9,12-18H2,1-2H3;1H,(H,2,3);2H,1H3. The Bertz CT molecular complexity index is 1160. The number of carbonyl (C=O) groups is 2. The summed E-state index contributed by atoms with van der Waals surface area (Å²) >= 11 is 0. The molecule has 0 bridgehead atoms. The maximum absolute atomic E-state index is 12.1. The van der Waals surface area contributed by atoms with Crippen molar-refractivity contribution >= 4 is 29.5 Å². The number of nitrogens with zero attached hydrogens (tertiary/aromatic N) is 3. The van der Waals surface area contributed by atoms with Crippen LogP contribution >= 0.6 is 0 Å². The highest BCUT2D eigenvalue weighted by Crippen LogP contribution is 2.36. The number of aliphatic hydroxyl groups excluding tert-OH is 1. The molecule has 0 radical (unpaired) electrons. The number of aldehydes is 1. The molecular formula is C30H42N4O4. The Labute approximate surface area is 225 Å². The molecule has 38 heavy (non-hydrogen) atoms. The van der Waals surface area contributed by atoms with Gasteiger partial charge in [-0.3, -0.25) is 4.79 Å². The fourth-order valence-electron chi connectivity index (χ4n) is 5.67. The summed E-state index contributed by atoms with van der Waals surface area (Å²) < 4.78 is 2.43. The van der Waals surface area contributed by atoms with Crippen LogP contribution in [0.15, 0.2) is 42.5 Å². The molecule has 3 heterocycles. The van der Waals surface area contributed by atoms with Gasteiger partial charge in [0.15, 0.2) is 0 Å². The van der Waals surface area contributed by atoms with Crippen LogP contribution in [0.3, 0.4) is 0 Å². The van der Waals surface area contributed by atoms with Gasteiger partial charge >= 0.3 is 0 Å². The molecule has 0 saturated carbocycles. The topological polar surface area (TPSA) is 108 Å². The Morgan fingerprint density at radius 2 is 1.76 bits per heavy atom. The highest BCUT2D eigenvalue weighted by molar-refractivity contribution is 5.86. The number of aliphatic hydroxyl groups is 1. The zero-order valence-corrected chi connectivity index (χ0v) is 22.8. The molecule has 8 heteroatoms. The summed E-state index contributed by atoms with van der Waals surface area (Å²) in [5.41, 5.74) is 6.13. The number of hydrogen-bond acceptors (Lipinski definition) is 6. The van der Waals surface area contributed by atoms with E-state index < -0.39 is 0 Å². The lowest BCUT2D eigenvalue weighted by atomic mass is 9.94. The molecule has 0 aliphatic carbocycles. The first-order valence-corrected chi connectivity index (χ1v) is 13.5. The van der Waals surface area contributed by atoms with Crippen LogP contribution in [0.2, 0.25) is 0 Å². The molecule has 2 aromatic carbocycles. The van der Waals surface area contributed by atoms with E-state index >= 15 is 0 Å². The van der Waals surface area contributed by atoms with E-state index in [9.17, 15) is 4.79 Å². The number of carbonyl (C=O) groups excluding carboxylic acids is 1. The maximum Gasteiger partial charge on any atom is 0.290 e. The lowest BCUT2D eigenvalue weighted by Gasteiger charge is -2.33. The Morgan fingerprint density at radius 3 is 2.42 bits per heavy atom. The molecule has 2 unspecified atom stereocenters. The van der Waals surface area contributed by atoms with E-state index in [1.54, 1.807) is 0 Å². The Hall–Kier alpha value is -3.23. The molecule has 2 aliphatic heterocycles. The molecule has 8 nitrogen and oxygen atoms in total. The highest BCUT2D eigenvalue weighted by atomic mass is 16.3. The molecule has 1 aromatic heterocycles. The van der Waals surface area contributed by atoms with E-state index in [4.69, 9.17) is 20.0 Å². The SMILES string of the molecule is CC1CCc2c(ccc3c2nc(CC(C=O)c2ccccc2)n3CCC2CCNCC2)N1C.CO.O=CO. The van der Waals surface area contributed by atoms with Crippen molar-refractivity contribution in [3.63, 3.8) is 0 Å². The first-order valence-electron chi connectivity index (χ1n) is 13.5. The van der Waals surface area contributed by atoms with Gasteiger partial charge in [0.05, 0.1) is 11.0 Å². The smallest absolute Gasteiger partial charge is 0.290 e. The fraction of sp³-hybridized carbons (Fsp3) is 0.500. The van der Waals surface area contributed by atoms with Crippen molar-refractivity contribution in [1.82, 2.24) is 14.9 Å². The van der Waals surface area contributed by atoms with Crippen LogP contribution in [0.25, 0.3) is 11.0 Å². The van der Waals surface area contributed by atoms with E-state index in [-0.39, 0.29) is 12.4 Å². The molecule has 3 N–H and O–H groups in total. The summed E-state index contributed by atoms with van der Waals surface area (Å²) in [5, 5.41) is 17.4. The number of benzene rings is 2. The van der Waals surface area contributed by atoms with Crippen molar-refractivity contribution in [2.24, 2.45) is 5.92 Å². The molecular weight excluding hydrogens is 480 g/mol. The van der Waals surface area contributed by atoms with Gasteiger partial charge in [-0.15, -0.1) is 0 Å². The van der Waals surface area contributed by atoms with Crippen LogP contribution in [-0.4, -0.2) is 65.8 Å². The minimum absolute atomic E-state index is 0.167. The zero-order chi connectivity index (χ0) is 27.5. The third-order valence-corrected chi connectivity index (χ3v) is 7.95. The first kappa shape index (κ1) is 29.3. The van der Waals surface area contributed by atoms with Gasteiger partial charge in [0, 0.05) is 50.3 Å². The highest BCUT2D eigenvalue weighted by Gasteiger charge is 2.26. The predicted octanol–water partition coefficient (Wildman–Crippen LogP) is 4.03. The van der Waals surface area contributed by atoms with Gasteiger partial charge in [-0.25, -0.2) is 4.98 Å². The number of carboxylic acid groups (broad SMARTS) is 1. The lowest BCUT2D eigenvalue weighted by Crippen LogP contribution is -2.33. The minimum Gasteiger partial charge on any atom is -0.483 e. The fourth-order valence-corrected chi connectivity index (χ4v) is 5.67. The summed E-state index contributed by atoms with van der Waals surface area (Å²) in [4.78, 5) is 28.1. The number of anilines is 1. The summed E-state index contributed by atoms with van der Waals surface area (Å²) in [6.07, 6.45) is 7.64. The van der Waals surface area contributed by atoms with E-state index in [2.05, 4.69) is 53.0 Å². The minimum atomic E-state index is -0.250. The lowest BCUT2D eigenvalue weighted by molar-refractivity contribution is -0.122. The number of hydrogen-bond donors (Lipinski definition) is 3. The van der Waals surface area contributed by atoms with E-state index in [0.717, 1.165) is 68.7 Å². The number of piperidine rings is 1. The van der Waals surface area contributed by atoms with Gasteiger partial charge in [-0.05, 0) is 75.7 Å². The van der Waals surface area contributed by atoms with Gasteiger partial charge in [-0.1, -0.05) is 30.3 Å². The largest absolute Gasteiger partial charge is 0.483 e. The number of imidazole rings is 1. The van der Waals surface area contributed by atoms with Crippen molar-refractivity contribution in [3.8, 4) is 0 Å². The van der Waals surface area contributed by atoms with E-state index in [1.165, 1.54) is 36.0 Å². The van der Waals surface area contributed by atoms with Crippen LogP contribution in [-0.2, 0) is 29.0 Å². The molecule has 1 saturated heterocycles. The predicted molar refractivity (Wildman–Crippen MR) is 152 cm³/mol. The van der Waals surface area contributed by atoms with Gasteiger partial charge in [0.2, 0.25) is 0 Å². The monoisotopic (exact) mass is 522 g/mol. The third-order valence-electron chi connectivity index (χ3n) is 7.95. The van der Waals surface area contributed by atoms with Crippen molar-refractivity contribution in [2.45, 2.75) is 64.0 Å². The molecule has 1 fully saturated rings. The Kier molecular flexibility index (Phi) is 11.3. The summed E-state index contributed by atoms with van der Waals surface area (Å²) in [7, 11) is 3.20. The number of rotatable bonds is 7. The maximum atomic E-state index is 12.1. The quantitative estimate of drug-likeness (QED) is 0.402. The van der Waals surface area contributed by atoms with Crippen LogP contribution in [0.4, 0.5) is 5.69 Å². The second-order valence-electron chi connectivity index (χ2n) is 10.1. The van der Waals surface area contributed by atoms with Gasteiger partial charge in [0.25, 0.3) is 6.47 Å². The Morgan fingerprint density at radius 1 is 1.08 bits per heavy atom. The van der Waals surface area contributed by atoms with Crippen molar-refractivity contribution in [1.29, 1.82) is 0 Å². The molecule has 2 atom stereocenters. The molecule has 0 amide bonds. The van der Waals surface area contributed by atoms with Crippen molar-refractivity contribution in [2.75, 3.05) is 32.1 Å². The van der Waals surface area contributed by atoms with Crippen molar-refractivity contribution < 1.29 is 19.8 Å². The third kappa shape index (κ3) is 6.79. The van der Waals surface area contributed by atoms with Crippen LogP contribution in [0.1, 0.15) is 55.5 Å². The number of fused-ring (bicyclic) bond motifs is 3. The second-order valence-corrected chi connectivity index (χ2v) is 10.1.